The molecule has 1 N–H and O–H groups in total. The third-order valence-corrected chi connectivity index (χ3v) is 5.68. The maximum absolute atomic E-state index is 12.9. The Bertz CT molecular complexity index is 905. The molecule has 27 heavy (non-hydrogen) atoms. The van der Waals surface area contributed by atoms with Gasteiger partial charge in [-0.05, 0) is 42.7 Å². The van der Waals surface area contributed by atoms with Crippen LogP contribution in [0.5, 0.6) is 5.75 Å². The maximum atomic E-state index is 12.9. The molecule has 138 valence electrons. The maximum Gasteiger partial charge on any atom is 0.238 e. The number of methoxy groups -OCH3 is 1. The van der Waals surface area contributed by atoms with E-state index in [0.717, 1.165) is 35.0 Å². The third kappa shape index (κ3) is 4.17. The van der Waals surface area contributed by atoms with Crippen LogP contribution in [0.2, 0.25) is 0 Å². The zero-order chi connectivity index (χ0) is 18.6. The second-order valence-electron chi connectivity index (χ2n) is 6.47. The summed E-state index contributed by atoms with van der Waals surface area (Å²) < 4.78 is 7.22. The zero-order valence-electron chi connectivity index (χ0n) is 15.0. The van der Waals surface area contributed by atoms with Gasteiger partial charge in [0.25, 0.3) is 0 Å². The smallest absolute Gasteiger partial charge is 0.238 e. The van der Waals surface area contributed by atoms with Gasteiger partial charge in [-0.3, -0.25) is 9.36 Å². The molecule has 0 radical (unpaired) electrons. The lowest BCUT2D eigenvalue weighted by Crippen LogP contribution is -2.29. The lowest BCUT2D eigenvalue weighted by molar-refractivity contribution is -0.120. The summed E-state index contributed by atoms with van der Waals surface area (Å²) in [5.74, 6) is 0.844. The van der Waals surface area contributed by atoms with Gasteiger partial charge in [0.05, 0.1) is 7.11 Å². The van der Waals surface area contributed by atoms with Crippen molar-refractivity contribution in [1.82, 2.24) is 14.9 Å². The molecule has 0 saturated heterocycles. The highest BCUT2D eigenvalue weighted by molar-refractivity contribution is 8.00. The van der Waals surface area contributed by atoms with E-state index in [4.69, 9.17) is 4.74 Å². The van der Waals surface area contributed by atoms with Gasteiger partial charge in [0.2, 0.25) is 5.91 Å². The monoisotopic (exact) mass is 379 g/mol. The van der Waals surface area contributed by atoms with Crippen LogP contribution in [0.25, 0.3) is 5.69 Å². The summed E-state index contributed by atoms with van der Waals surface area (Å²) in [4.78, 5) is 17.4. The predicted molar refractivity (Wildman–Crippen MR) is 106 cm³/mol. The van der Waals surface area contributed by atoms with Crippen LogP contribution >= 0.6 is 11.8 Å². The molecule has 1 fully saturated rings. The standard InChI is InChI=1S/C21H21N3O2S/c1-26-18-11-9-17(10-12-18)24-14-13-22-21(24)27-19(15-5-3-2-4-6-15)20(25)23-16-7-8-16/h2-6,9-14,16,19H,7-8H2,1H3,(H,23,25)/t19-/m0/s1. The van der Waals surface area contributed by atoms with Crippen molar-refractivity contribution < 1.29 is 9.53 Å². The number of rotatable bonds is 7. The fourth-order valence-electron chi connectivity index (χ4n) is 2.83. The number of carbonyl (C=O) groups excluding carboxylic acids is 1. The first kappa shape index (κ1) is 17.7. The van der Waals surface area contributed by atoms with Gasteiger partial charge in [0, 0.05) is 24.1 Å². The zero-order valence-corrected chi connectivity index (χ0v) is 15.9. The summed E-state index contributed by atoms with van der Waals surface area (Å²) >= 11 is 1.47. The molecule has 0 spiro atoms. The van der Waals surface area contributed by atoms with Crippen LogP contribution in [-0.2, 0) is 4.79 Å². The summed E-state index contributed by atoms with van der Waals surface area (Å²) in [6.07, 6.45) is 5.80. The Balaban J connectivity index is 1.61. The molecule has 2 aromatic carbocycles. The van der Waals surface area contributed by atoms with Crippen molar-refractivity contribution in [1.29, 1.82) is 0 Å². The Kier molecular flexibility index (Phi) is 5.16. The van der Waals surface area contributed by atoms with Crippen molar-refractivity contribution in [3.8, 4) is 11.4 Å². The number of nitrogens with zero attached hydrogens (tertiary/aromatic N) is 2. The van der Waals surface area contributed by atoms with Crippen LogP contribution in [0.1, 0.15) is 23.7 Å². The second-order valence-corrected chi connectivity index (χ2v) is 7.54. The second kappa shape index (κ2) is 7.88. The molecule has 3 aromatic rings. The highest BCUT2D eigenvalue weighted by Gasteiger charge is 2.30. The van der Waals surface area contributed by atoms with Gasteiger partial charge in [-0.25, -0.2) is 4.98 Å². The van der Waals surface area contributed by atoms with Crippen LogP contribution < -0.4 is 10.1 Å². The number of carbonyl (C=O) groups is 1. The van der Waals surface area contributed by atoms with E-state index < -0.39 is 0 Å². The molecule has 1 saturated carbocycles. The number of nitrogens with one attached hydrogen (secondary N) is 1. The van der Waals surface area contributed by atoms with Crippen molar-refractivity contribution in [2.45, 2.75) is 29.3 Å². The highest BCUT2D eigenvalue weighted by atomic mass is 32.2. The minimum atomic E-state index is -0.341. The summed E-state index contributed by atoms with van der Waals surface area (Å²) in [7, 11) is 1.65. The normalized spacial score (nSPS) is 14.6. The Morgan fingerprint density at radius 3 is 2.59 bits per heavy atom. The molecular weight excluding hydrogens is 358 g/mol. The largest absolute Gasteiger partial charge is 0.497 e. The van der Waals surface area contributed by atoms with Gasteiger partial charge in [0.1, 0.15) is 11.0 Å². The molecule has 1 atom stereocenters. The van der Waals surface area contributed by atoms with E-state index in [0.29, 0.717) is 6.04 Å². The van der Waals surface area contributed by atoms with Crippen molar-refractivity contribution in [3.63, 3.8) is 0 Å². The van der Waals surface area contributed by atoms with Gasteiger partial charge in [-0.15, -0.1) is 0 Å². The number of hydrogen-bond acceptors (Lipinski definition) is 4. The van der Waals surface area contributed by atoms with Crippen LogP contribution in [0.4, 0.5) is 0 Å². The number of ether oxygens (including phenoxy) is 1. The Morgan fingerprint density at radius 1 is 1.19 bits per heavy atom. The van der Waals surface area contributed by atoms with E-state index in [1.165, 1.54) is 11.8 Å². The molecule has 6 heteroatoms. The topological polar surface area (TPSA) is 56.2 Å². The van der Waals surface area contributed by atoms with E-state index in [1.807, 2.05) is 65.4 Å². The Morgan fingerprint density at radius 2 is 1.93 bits per heavy atom. The molecule has 1 aliphatic rings. The van der Waals surface area contributed by atoms with Crippen molar-refractivity contribution >= 4 is 17.7 Å². The van der Waals surface area contributed by atoms with E-state index in [1.54, 1.807) is 13.3 Å². The van der Waals surface area contributed by atoms with Crippen molar-refractivity contribution in [3.05, 3.63) is 72.6 Å². The molecule has 4 rings (SSSR count). The van der Waals surface area contributed by atoms with Crippen LogP contribution in [0.15, 0.2) is 72.1 Å². The van der Waals surface area contributed by atoms with Crippen LogP contribution in [-0.4, -0.2) is 28.6 Å². The minimum Gasteiger partial charge on any atom is -0.497 e. The molecule has 1 heterocycles. The molecule has 0 aliphatic heterocycles. The number of aromatic nitrogens is 2. The van der Waals surface area contributed by atoms with Crippen molar-refractivity contribution in [2.24, 2.45) is 0 Å². The van der Waals surface area contributed by atoms with Gasteiger partial charge in [-0.1, -0.05) is 42.1 Å². The highest BCUT2D eigenvalue weighted by Crippen LogP contribution is 2.36. The fourth-order valence-corrected chi connectivity index (χ4v) is 3.91. The number of benzene rings is 2. The molecule has 0 unspecified atom stereocenters. The Labute approximate surface area is 162 Å². The van der Waals surface area contributed by atoms with Gasteiger partial charge < -0.3 is 10.1 Å². The van der Waals surface area contributed by atoms with Gasteiger partial charge >= 0.3 is 0 Å². The average Bonchev–Trinajstić information content (AvgIpc) is 3.40. The summed E-state index contributed by atoms with van der Waals surface area (Å²) in [6, 6.07) is 18.0. The lowest BCUT2D eigenvalue weighted by Gasteiger charge is -2.17. The fraction of sp³-hybridized carbons (Fsp3) is 0.238. The summed E-state index contributed by atoms with van der Waals surface area (Å²) in [6.45, 7) is 0. The first-order valence-corrected chi connectivity index (χ1v) is 9.82. The number of amides is 1. The van der Waals surface area contributed by atoms with Gasteiger partial charge in [-0.2, -0.15) is 0 Å². The minimum absolute atomic E-state index is 0.0398. The van der Waals surface area contributed by atoms with Crippen LogP contribution in [0, 0.1) is 0 Å². The number of thioether (sulfide) groups is 1. The van der Waals surface area contributed by atoms with E-state index in [9.17, 15) is 4.79 Å². The van der Waals surface area contributed by atoms with Crippen LogP contribution in [0.3, 0.4) is 0 Å². The predicted octanol–water partition coefficient (Wildman–Crippen LogP) is 3.99. The molecule has 1 aromatic heterocycles. The molecule has 5 nitrogen and oxygen atoms in total. The lowest BCUT2D eigenvalue weighted by atomic mass is 10.1. The SMILES string of the molecule is COc1ccc(-n2ccnc2S[C@H](C(=O)NC2CC2)c2ccccc2)cc1. The number of imidazole rings is 1. The third-order valence-electron chi connectivity index (χ3n) is 4.44. The van der Waals surface area contributed by atoms with Crippen molar-refractivity contribution in [2.75, 3.05) is 7.11 Å². The van der Waals surface area contributed by atoms with E-state index >= 15 is 0 Å². The molecule has 0 bridgehead atoms. The van der Waals surface area contributed by atoms with E-state index in [2.05, 4.69) is 10.3 Å². The molecule has 1 aliphatic carbocycles. The molecule has 1 amide bonds. The Hall–Kier alpha value is -2.73. The quantitative estimate of drug-likeness (QED) is 0.631. The summed E-state index contributed by atoms with van der Waals surface area (Å²) in [5.41, 5.74) is 1.95. The summed E-state index contributed by atoms with van der Waals surface area (Å²) in [5, 5.41) is 3.56. The first-order chi connectivity index (χ1) is 13.2. The average molecular weight is 379 g/mol. The van der Waals surface area contributed by atoms with Gasteiger partial charge in [0.15, 0.2) is 5.16 Å². The molecular formula is C21H21N3O2S. The first-order valence-electron chi connectivity index (χ1n) is 8.94. The number of hydrogen-bond donors (Lipinski definition) is 1. The van der Waals surface area contributed by atoms with E-state index in [-0.39, 0.29) is 11.2 Å².